The number of phenols is 1. The van der Waals surface area contributed by atoms with Crippen LogP contribution in [0.5, 0.6) is 11.5 Å². The molecule has 0 heterocycles. The highest BCUT2D eigenvalue weighted by Gasteiger charge is 2.12. The fourth-order valence-corrected chi connectivity index (χ4v) is 3.35. The van der Waals surface area contributed by atoms with Gasteiger partial charge in [-0.3, -0.25) is 0 Å². The van der Waals surface area contributed by atoms with Crippen LogP contribution < -0.4 is 10.1 Å². The van der Waals surface area contributed by atoms with E-state index in [4.69, 9.17) is 16.3 Å². The minimum atomic E-state index is -0.189. The molecule has 4 heteroatoms. The van der Waals surface area contributed by atoms with Crippen LogP contribution >= 0.6 is 11.6 Å². The Kier molecular flexibility index (Phi) is 7.74. The monoisotopic (exact) mass is 407 g/mol. The van der Waals surface area contributed by atoms with Crippen molar-refractivity contribution >= 4 is 23.3 Å². The number of alkyl halides is 1. The fraction of sp³-hybridized carbons (Fsp3) is 0.200. The Hall–Kier alpha value is -2.75. The summed E-state index contributed by atoms with van der Waals surface area (Å²) in [5, 5.41) is 12.4. The number of allylic oxidation sites excluding steroid dienone is 1. The first-order valence-electron chi connectivity index (χ1n) is 9.72. The number of ether oxygens (including phenoxy) is 1. The van der Waals surface area contributed by atoms with Crippen molar-refractivity contribution in [2.45, 2.75) is 11.8 Å². The molecule has 0 aliphatic heterocycles. The summed E-state index contributed by atoms with van der Waals surface area (Å²) in [7, 11) is 1.91. The van der Waals surface area contributed by atoms with Gasteiger partial charge in [0, 0.05) is 6.54 Å². The van der Waals surface area contributed by atoms with Gasteiger partial charge >= 0.3 is 0 Å². The van der Waals surface area contributed by atoms with Crippen molar-refractivity contribution in [3.8, 4) is 11.5 Å². The van der Waals surface area contributed by atoms with E-state index >= 15 is 0 Å². The van der Waals surface area contributed by atoms with Crippen LogP contribution in [0.15, 0.2) is 78.9 Å². The summed E-state index contributed by atoms with van der Waals surface area (Å²) >= 11 is 6.72. The molecule has 3 nitrogen and oxygen atoms in total. The molecule has 2 N–H and O–H groups in total. The van der Waals surface area contributed by atoms with Gasteiger partial charge in [0.1, 0.15) is 18.1 Å². The number of nitrogens with one attached hydrogen (secondary N) is 1. The van der Waals surface area contributed by atoms with Gasteiger partial charge in [-0.15, -0.1) is 11.6 Å². The molecule has 0 fully saturated rings. The van der Waals surface area contributed by atoms with Crippen LogP contribution in [0.3, 0.4) is 0 Å². The maximum Gasteiger partial charge on any atom is 0.119 e. The zero-order valence-electron chi connectivity index (χ0n) is 16.5. The van der Waals surface area contributed by atoms with E-state index in [1.807, 2.05) is 49.5 Å². The smallest absolute Gasteiger partial charge is 0.119 e. The van der Waals surface area contributed by atoms with Crippen LogP contribution in [-0.2, 0) is 0 Å². The van der Waals surface area contributed by atoms with Gasteiger partial charge in [0.25, 0.3) is 0 Å². The van der Waals surface area contributed by atoms with E-state index in [-0.39, 0.29) is 11.1 Å². The molecular formula is C25H26ClNO2. The van der Waals surface area contributed by atoms with Gasteiger partial charge in [-0.1, -0.05) is 60.7 Å². The molecule has 0 bridgehead atoms. The van der Waals surface area contributed by atoms with Gasteiger partial charge < -0.3 is 15.2 Å². The standard InChI is InChI=1S/C25H26ClNO2/c1-27-15-16-29-24-13-7-19(8-14-24)17-22(20-5-3-2-4-6-20)18-25(26)21-9-11-23(28)12-10-21/h2-14,17,25,27-28H,15-16,18H2,1H3. The first-order chi connectivity index (χ1) is 14.2. The van der Waals surface area contributed by atoms with Crippen molar-refractivity contribution < 1.29 is 9.84 Å². The number of aromatic hydroxyl groups is 1. The Balaban J connectivity index is 1.81. The van der Waals surface area contributed by atoms with Gasteiger partial charge in [-0.2, -0.15) is 0 Å². The summed E-state index contributed by atoms with van der Waals surface area (Å²) in [6.07, 6.45) is 2.85. The Morgan fingerprint density at radius 2 is 1.69 bits per heavy atom. The van der Waals surface area contributed by atoms with Crippen LogP contribution in [0, 0.1) is 0 Å². The first kappa shape index (κ1) is 21.0. The lowest BCUT2D eigenvalue weighted by Gasteiger charge is -2.14. The quantitative estimate of drug-likeness (QED) is 0.263. The van der Waals surface area contributed by atoms with E-state index in [9.17, 15) is 5.11 Å². The van der Waals surface area contributed by atoms with Gasteiger partial charge in [0.2, 0.25) is 0 Å². The maximum absolute atomic E-state index is 9.52. The molecule has 1 unspecified atom stereocenters. The second kappa shape index (κ2) is 10.7. The molecule has 0 saturated heterocycles. The number of benzene rings is 3. The summed E-state index contributed by atoms with van der Waals surface area (Å²) in [5.74, 6) is 1.10. The van der Waals surface area contributed by atoms with Gasteiger partial charge in [0.05, 0.1) is 5.38 Å². The van der Waals surface area contributed by atoms with Crippen LogP contribution in [0.25, 0.3) is 11.6 Å². The third-order valence-electron chi connectivity index (χ3n) is 4.64. The molecule has 3 aromatic carbocycles. The minimum Gasteiger partial charge on any atom is -0.508 e. The van der Waals surface area contributed by atoms with Crippen molar-refractivity contribution in [3.05, 3.63) is 95.6 Å². The molecule has 0 radical (unpaired) electrons. The van der Waals surface area contributed by atoms with Crippen molar-refractivity contribution in [3.63, 3.8) is 0 Å². The molecule has 0 aliphatic carbocycles. The van der Waals surface area contributed by atoms with Crippen molar-refractivity contribution in [1.29, 1.82) is 0 Å². The third kappa shape index (κ3) is 6.38. The lowest BCUT2D eigenvalue weighted by molar-refractivity contribution is 0.318. The lowest BCUT2D eigenvalue weighted by Crippen LogP contribution is -2.15. The largest absolute Gasteiger partial charge is 0.508 e. The third-order valence-corrected chi connectivity index (χ3v) is 5.05. The first-order valence-corrected chi connectivity index (χ1v) is 10.2. The van der Waals surface area contributed by atoms with Crippen molar-refractivity contribution in [2.75, 3.05) is 20.2 Å². The average Bonchev–Trinajstić information content (AvgIpc) is 2.75. The predicted molar refractivity (Wildman–Crippen MR) is 121 cm³/mol. The zero-order valence-corrected chi connectivity index (χ0v) is 17.3. The number of halogens is 1. The van der Waals surface area contributed by atoms with E-state index in [1.165, 1.54) is 0 Å². The summed E-state index contributed by atoms with van der Waals surface area (Å²) < 4.78 is 5.70. The van der Waals surface area contributed by atoms with E-state index in [0.717, 1.165) is 34.6 Å². The Morgan fingerprint density at radius 3 is 2.34 bits per heavy atom. The van der Waals surface area contributed by atoms with Gasteiger partial charge in [-0.05, 0) is 60.0 Å². The molecule has 150 valence electrons. The Bertz CT molecular complexity index is 906. The predicted octanol–water partition coefficient (Wildman–Crippen LogP) is 5.90. The highest BCUT2D eigenvalue weighted by atomic mass is 35.5. The molecule has 29 heavy (non-hydrogen) atoms. The van der Waals surface area contributed by atoms with E-state index < -0.39 is 0 Å². The normalized spacial score (nSPS) is 12.6. The van der Waals surface area contributed by atoms with Crippen molar-refractivity contribution in [1.82, 2.24) is 5.32 Å². The molecule has 0 spiro atoms. The molecule has 0 saturated carbocycles. The second-order valence-electron chi connectivity index (χ2n) is 6.82. The number of likely N-dealkylation sites (N-methyl/N-ethyl adjacent to an activating group) is 1. The van der Waals surface area contributed by atoms with E-state index in [2.05, 4.69) is 35.7 Å². The highest BCUT2D eigenvalue weighted by Crippen LogP contribution is 2.34. The summed E-state index contributed by atoms with van der Waals surface area (Å²) in [4.78, 5) is 0. The Labute approximate surface area is 177 Å². The number of rotatable bonds is 9. The van der Waals surface area contributed by atoms with Crippen LogP contribution in [-0.4, -0.2) is 25.3 Å². The molecule has 3 aromatic rings. The maximum atomic E-state index is 9.52. The molecule has 0 aromatic heterocycles. The zero-order chi connectivity index (χ0) is 20.5. The lowest BCUT2D eigenvalue weighted by atomic mass is 9.96. The van der Waals surface area contributed by atoms with Gasteiger partial charge in [0.15, 0.2) is 0 Å². The van der Waals surface area contributed by atoms with Crippen LogP contribution in [0.1, 0.15) is 28.5 Å². The SMILES string of the molecule is CNCCOc1ccc(C=C(CC(Cl)c2ccc(O)cc2)c2ccccc2)cc1. The highest BCUT2D eigenvalue weighted by molar-refractivity contribution is 6.21. The molecule has 3 rings (SSSR count). The second-order valence-corrected chi connectivity index (χ2v) is 7.35. The van der Waals surface area contributed by atoms with Crippen molar-refractivity contribution in [2.24, 2.45) is 0 Å². The summed E-state index contributed by atoms with van der Waals surface area (Å²) in [5.41, 5.74) is 4.38. The summed E-state index contributed by atoms with van der Waals surface area (Å²) in [6.45, 7) is 1.45. The topological polar surface area (TPSA) is 41.5 Å². The molecule has 1 atom stereocenters. The van der Waals surface area contributed by atoms with Crippen LogP contribution in [0.4, 0.5) is 0 Å². The van der Waals surface area contributed by atoms with E-state index in [0.29, 0.717) is 13.0 Å². The van der Waals surface area contributed by atoms with Gasteiger partial charge in [-0.25, -0.2) is 0 Å². The number of phenolic OH excluding ortho intramolecular Hbond substituents is 1. The molecule has 0 amide bonds. The average molecular weight is 408 g/mol. The Morgan fingerprint density at radius 1 is 1.00 bits per heavy atom. The summed E-state index contributed by atoms with van der Waals surface area (Å²) in [6, 6.07) is 25.4. The molecule has 0 aliphatic rings. The number of hydrogen-bond acceptors (Lipinski definition) is 3. The van der Waals surface area contributed by atoms with Crippen LogP contribution in [0.2, 0.25) is 0 Å². The fourth-order valence-electron chi connectivity index (χ4n) is 3.04. The van der Waals surface area contributed by atoms with E-state index in [1.54, 1.807) is 12.1 Å². The molecular weight excluding hydrogens is 382 g/mol. The number of hydrogen-bond donors (Lipinski definition) is 2. The minimum absolute atomic E-state index is 0.189.